The smallest absolute Gasteiger partial charge is 0.272 e. The lowest BCUT2D eigenvalue weighted by atomic mass is 10.1. The minimum Gasteiger partial charge on any atom is -0.294 e. The number of carbonyl (C=O) groups is 2. The number of amides is 2. The van der Waals surface area contributed by atoms with E-state index < -0.39 is 0 Å². The monoisotopic (exact) mass is 369 g/mol. The number of fused-ring (bicyclic) bond motifs is 1. The van der Waals surface area contributed by atoms with Crippen molar-refractivity contribution in [2.75, 3.05) is 29.4 Å². The lowest BCUT2D eigenvalue weighted by Crippen LogP contribution is -2.57. The number of nitrogens with zero attached hydrogens (tertiary/aromatic N) is 3. The van der Waals surface area contributed by atoms with Gasteiger partial charge in [0.05, 0.1) is 12.2 Å². The largest absolute Gasteiger partial charge is 0.294 e. The van der Waals surface area contributed by atoms with Crippen LogP contribution < -0.4 is 9.80 Å². The van der Waals surface area contributed by atoms with Gasteiger partial charge in [0.25, 0.3) is 5.91 Å². The van der Waals surface area contributed by atoms with Gasteiger partial charge in [0.2, 0.25) is 5.91 Å². The van der Waals surface area contributed by atoms with Crippen LogP contribution in [0.3, 0.4) is 0 Å². The molecule has 0 radical (unpaired) electrons. The summed E-state index contributed by atoms with van der Waals surface area (Å²) in [4.78, 5) is 32.6. The first-order valence-corrected chi connectivity index (χ1v) is 10.1. The maximum absolute atomic E-state index is 13.2. The number of thiophene rings is 1. The fourth-order valence-electron chi connectivity index (χ4n) is 3.90. The molecule has 1 aromatic carbocycles. The van der Waals surface area contributed by atoms with Crippen molar-refractivity contribution in [2.24, 2.45) is 0 Å². The molecule has 0 bridgehead atoms. The standard InChI is InChI=1S/C20H23N3O2S/c1-15-22(16-8-4-2-5-9-16)20(25)19-17(10-13-26-19)23(15)18(24)14-21-11-6-3-7-12-21/h2,4-5,8-10,13,15H,3,6-7,11-12,14H2,1H3. The quantitative estimate of drug-likeness (QED) is 0.831. The van der Waals surface area contributed by atoms with Gasteiger partial charge in [0.15, 0.2) is 0 Å². The van der Waals surface area contributed by atoms with E-state index >= 15 is 0 Å². The number of hydrogen-bond donors (Lipinski definition) is 0. The Balaban J connectivity index is 1.66. The second kappa shape index (κ2) is 7.21. The maximum atomic E-state index is 13.2. The van der Waals surface area contributed by atoms with Crippen molar-refractivity contribution >= 4 is 34.5 Å². The first-order valence-electron chi connectivity index (χ1n) is 9.17. The summed E-state index contributed by atoms with van der Waals surface area (Å²) in [7, 11) is 0. The summed E-state index contributed by atoms with van der Waals surface area (Å²) < 4.78 is 0. The third kappa shape index (κ3) is 3.04. The van der Waals surface area contributed by atoms with Gasteiger partial charge in [0, 0.05) is 5.69 Å². The van der Waals surface area contributed by atoms with Gasteiger partial charge >= 0.3 is 0 Å². The molecular weight excluding hydrogens is 346 g/mol. The Kier molecular flexibility index (Phi) is 4.78. The Labute approximate surface area is 157 Å². The molecule has 2 aromatic rings. The van der Waals surface area contributed by atoms with Crippen LogP contribution in [0.25, 0.3) is 0 Å². The van der Waals surface area contributed by atoms with Crippen LogP contribution in [0.4, 0.5) is 11.4 Å². The molecule has 4 rings (SSSR count). The molecule has 1 unspecified atom stereocenters. The first kappa shape index (κ1) is 17.2. The molecule has 26 heavy (non-hydrogen) atoms. The highest BCUT2D eigenvalue weighted by Crippen LogP contribution is 2.37. The van der Waals surface area contributed by atoms with Crippen LogP contribution in [-0.4, -0.2) is 42.5 Å². The molecule has 3 heterocycles. The van der Waals surface area contributed by atoms with Crippen molar-refractivity contribution in [2.45, 2.75) is 32.4 Å². The van der Waals surface area contributed by atoms with E-state index in [9.17, 15) is 9.59 Å². The second-order valence-corrected chi connectivity index (χ2v) is 7.79. The summed E-state index contributed by atoms with van der Waals surface area (Å²) >= 11 is 1.40. The molecular formula is C20H23N3O2S. The molecule has 2 aliphatic rings. The summed E-state index contributed by atoms with van der Waals surface area (Å²) in [6.45, 7) is 4.30. The van der Waals surface area contributed by atoms with Crippen LogP contribution in [0.1, 0.15) is 35.9 Å². The summed E-state index contributed by atoms with van der Waals surface area (Å²) in [5.41, 5.74) is 1.57. The highest BCUT2D eigenvalue weighted by molar-refractivity contribution is 7.13. The number of rotatable bonds is 3. The molecule has 0 saturated carbocycles. The van der Waals surface area contributed by atoms with Crippen LogP contribution in [0.5, 0.6) is 0 Å². The van der Waals surface area contributed by atoms with Crippen molar-refractivity contribution in [3.63, 3.8) is 0 Å². The van der Waals surface area contributed by atoms with Crippen molar-refractivity contribution < 1.29 is 9.59 Å². The van der Waals surface area contributed by atoms with Gasteiger partial charge in [-0.05, 0) is 56.4 Å². The van der Waals surface area contributed by atoms with Crippen LogP contribution in [-0.2, 0) is 4.79 Å². The number of anilines is 2. The highest BCUT2D eigenvalue weighted by Gasteiger charge is 2.40. The van der Waals surface area contributed by atoms with E-state index in [4.69, 9.17) is 0 Å². The van der Waals surface area contributed by atoms with Gasteiger partial charge in [-0.15, -0.1) is 11.3 Å². The Bertz CT molecular complexity index is 798. The summed E-state index contributed by atoms with van der Waals surface area (Å²) in [6, 6.07) is 11.5. The molecule has 2 amide bonds. The van der Waals surface area contributed by atoms with E-state index in [1.54, 1.807) is 9.80 Å². The third-order valence-electron chi connectivity index (χ3n) is 5.17. The Morgan fingerprint density at radius 3 is 2.58 bits per heavy atom. The molecule has 5 nitrogen and oxygen atoms in total. The van der Waals surface area contributed by atoms with Crippen molar-refractivity contribution in [1.82, 2.24) is 4.90 Å². The average Bonchev–Trinajstić information content (AvgIpc) is 3.13. The average molecular weight is 369 g/mol. The molecule has 1 atom stereocenters. The number of likely N-dealkylation sites (tertiary alicyclic amines) is 1. The lowest BCUT2D eigenvalue weighted by molar-refractivity contribution is -0.120. The van der Waals surface area contributed by atoms with Gasteiger partial charge in [-0.3, -0.25) is 24.3 Å². The second-order valence-electron chi connectivity index (χ2n) is 6.88. The van der Waals surface area contributed by atoms with Gasteiger partial charge in [-0.2, -0.15) is 0 Å². The molecule has 1 fully saturated rings. The Morgan fingerprint density at radius 1 is 1.12 bits per heavy atom. The number of hydrogen-bond acceptors (Lipinski definition) is 4. The fraction of sp³-hybridized carbons (Fsp3) is 0.400. The zero-order valence-corrected chi connectivity index (χ0v) is 15.7. The summed E-state index contributed by atoms with van der Waals surface area (Å²) in [6.07, 6.45) is 3.21. The maximum Gasteiger partial charge on any atom is 0.272 e. The van der Waals surface area contributed by atoms with Crippen LogP contribution >= 0.6 is 11.3 Å². The predicted molar refractivity (Wildman–Crippen MR) is 105 cm³/mol. The van der Waals surface area contributed by atoms with E-state index in [1.807, 2.05) is 48.7 Å². The van der Waals surface area contributed by atoms with Crippen molar-refractivity contribution in [3.05, 3.63) is 46.7 Å². The zero-order valence-electron chi connectivity index (χ0n) is 14.9. The predicted octanol–water partition coefficient (Wildman–Crippen LogP) is 3.57. The van der Waals surface area contributed by atoms with Crippen molar-refractivity contribution in [3.8, 4) is 0 Å². The first-order chi connectivity index (χ1) is 12.7. The molecule has 1 saturated heterocycles. The number of carbonyl (C=O) groups excluding carboxylic acids is 2. The van der Waals surface area contributed by atoms with Crippen LogP contribution in [0, 0.1) is 0 Å². The summed E-state index contributed by atoms with van der Waals surface area (Å²) in [5, 5.41) is 1.89. The number of para-hydroxylation sites is 1. The number of piperidine rings is 1. The Hall–Kier alpha value is -2.18. The molecule has 0 N–H and O–H groups in total. The third-order valence-corrected chi connectivity index (χ3v) is 6.07. The summed E-state index contributed by atoms with van der Waals surface area (Å²) in [5.74, 6) is 0.0307. The van der Waals surface area contributed by atoms with E-state index in [-0.39, 0.29) is 18.0 Å². The van der Waals surface area contributed by atoms with Crippen molar-refractivity contribution in [1.29, 1.82) is 0 Å². The lowest BCUT2D eigenvalue weighted by Gasteiger charge is -2.42. The zero-order chi connectivity index (χ0) is 18.1. The molecule has 136 valence electrons. The van der Waals surface area contributed by atoms with Gasteiger partial charge in [-0.25, -0.2) is 0 Å². The minimum absolute atomic E-state index is 0.0317. The topological polar surface area (TPSA) is 43.9 Å². The normalized spacial score (nSPS) is 21.0. The molecule has 0 aliphatic carbocycles. The van der Waals surface area contributed by atoms with Crippen LogP contribution in [0.15, 0.2) is 41.8 Å². The van der Waals surface area contributed by atoms with E-state index in [0.717, 1.165) is 37.3 Å². The fourth-order valence-corrected chi connectivity index (χ4v) is 4.72. The van der Waals surface area contributed by atoms with E-state index in [0.29, 0.717) is 11.4 Å². The minimum atomic E-state index is -0.343. The highest BCUT2D eigenvalue weighted by atomic mass is 32.1. The van der Waals surface area contributed by atoms with Gasteiger partial charge < -0.3 is 0 Å². The van der Waals surface area contributed by atoms with E-state index in [2.05, 4.69) is 4.90 Å². The van der Waals surface area contributed by atoms with Gasteiger partial charge in [-0.1, -0.05) is 24.6 Å². The SMILES string of the molecule is CC1N(c2ccccc2)C(=O)c2sccc2N1C(=O)CN1CCCCC1. The molecule has 2 aliphatic heterocycles. The number of benzene rings is 1. The molecule has 0 spiro atoms. The van der Waals surface area contributed by atoms with Crippen LogP contribution in [0.2, 0.25) is 0 Å². The molecule has 1 aromatic heterocycles. The van der Waals surface area contributed by atoms with E-state index in [1.165, 1.54) is 17.8 Å². The molecule has 6 heteroatoms. The Morgan fingerprint density at radius 2 is 1.85 bits per heavy atom. The van der Waals surface area contributed by atoms with Gasteiger partial charge in [0.1, 0.15) is 11.0 Å².